The zero-order chi connectivity index (χ0) is 62.8. The van der Waals surface area contributed by atoms with Gasteiger partial charge in [-0.05, 0) is 66.2 Å². The van der Waals surface area contributed by atoms with Crippen molar-refractivity contribution < 1.29 is 77.9 Å². The second-order valence-corrected chi connectivity index (χ2v) is 24.4. The second kappa shape index (κ2) is 29.1. The highest BCUT2D eigenvalue weighted by molar-refractivity contribution is 6.00. The maximum absolute atomic E-state index is 15.1. The molecule has 5 aliphatic rings. The van der Waals surface area contributed by atoms with Crippen molar-refractivity contribution in [3.8, 4) is 5.75 Å². The normalized spacial score (nSPS) is 30.2. The topological polar surface area (TPSA) is 363 Å². The molecule has 15 unspecified atom stereocenters. The first-order chi connectivity index (χ1) is 40.8. The SMILES string of the molecule is CCC(C)C1NC(=O)C(CC(C)C)NC(=O)C2CC(C)CN2C(=O)C(NC(=O)C(Cc2ccccc2)NC(C)=O)COC(=O)C2CC(C)CN2C(=O)C2CC(O)CN2C(=O)C2CC(O)CN2C(=O)C(CO)NC(=O)C(Cc2ccc(O)cc2)NC1=O. The van der Waals surface area contributed by atoms with E-state index in [9.17, 15) is 68.4 Å². The molecule has 0 radical (unpaired) electrons. The third-order valence-corrected chi connectivity index (χ3v) is 16.8. The van der Waals surface area contributed by atoms with Gasteiger partial charge in [0.05, 0.1) is 18.8 Å². The van der Waals surface area contributed by atoms with Crippen molar-refractivity contribution in [1.29, 1.82) is 0 Å². The summed E-state index contributed by atoms with van der Waals surface area (Å²) >= 11 is 0. The summed E-state index contributed by atoms with van der Waals surface area (Å²) in [6, 6.07) is 0.0903. The Bertz CT molecular complexity index is 2820. The average molecular weight is 1200 g/mol. The number of amides is 10. The van der Waals surface area contributed by atoms with Crippen LogP contribution in [0.2, 0.25) is 0 Å². The molecule has 0 spiro atoms. The fraction of sp³-hybridized carbons (Fsp3) is 0.617. The highest BCUT2D eigenvalue weighted by atomic mass is 16.5. The molecule has 10 amide bonds. The van der Waals surface area contributed by atoms with Crippen LogP contribution in [-0.2, 0) is 70.3 Å². The molecule has 0 bridgehead atoms. The number of carbonyl (C=O) groups excluding carboxylic acids is 11. The first kappa shape index (κ1) is 65.8. The molecule has 26 heteroatoms. The van der Waals surface area contributed by atoms with E-state index < -0.39 is 163 Å². The zero-order valence-corrected chi connectivity index (χ0v) is 49.8. The summed E-state index contributed by atoms with van der Waals surface area (Å²) in [6.07, 6.45) is -2.92. The molecule has 2 aromatic carbocycles. The van der Waals surface area contributed by atoms with Crippen LogP contribution in [0, 0.1) is 23.7 Å². The molecule has 470 valence electrons. The Morgan fingerprint density at radius 2 is 1.16 bits per heavy atom. The van der Waals surface area contributed by atoms with Crippen LogP contribution < -0.4 is 31.9 Å². The third kappa shape index (κ3) is 16.2. The van der Waals surface area contributed by atoms with Gasteiger partial charge >= 0.3 is 5.97 Å². The molecule has 5 fully saturated rings. The number of hydrogen-bond acceptors (Lipinski definition) is 16. The van der Waals surface area contributed by atoms with Crippen LogP contribution in [0.25, 0.3) is 0 Å². The maximum Gasteiger partial charge on any atom is 0.328 e. The molecule has 5 aliphatic heterocycles. The van der Waals surface area contributed by atoms with Crippen molar-refractivity contribution in [2.24, 2.45) is 23.7 Å². The molecule has 7 rings (SSSR count). The van der Waals surface area contributed by atoms with E-state index in [-0.39, 0.29) is 88.1 Å². The van der Waals surface area contributed by atoms with Crippen LogP contribution in [-0.4, -0.2) is 217 Å². The molecule has 2 aromatic rings. The lowest BCUT2D eigenvalue weighted by Crippen LogP contribution is -2.62. The number of esters is 1. The minimum absolute atomic E-state index is 0.0143. The van der Waals surface area contributed by atoms with E-state index in [0.717, 1.165) is 9.80 Å². The number of fused-ring (bicyclic) bond motifs is 4. The van der Waals surface area contributed by atoms with E-state index in [4.69, 9.17) is 4.74 Å². The fourth-order valence-electron chi connectivity index (χ4n) is 12.2. The quantitative estimate of drug-likeness (QED) is 0.104. The summed E-state index contributed by atoms with van der Waals surface area (Å²) in [6.45, 7) is 9.12. The Balaban J connectivity index is 1.28. The van der Waals surface area contributed by atoms with Crippen LogP contribution in [0.3, 0.4) is 0 Å². The monoisotopic (exact) mass is 1200 g/mol. The predicted octanol–water partition coefficient (Wildman–Crippen LogP) is -1.86. The molecule has 5 saturated heterocycles. The molecule has 0 aliphatic carbocycles. The Labute approximate surface area is 499 Å². The number of phenols is 1. The van der Waals surface area contributed by atoms with Gasteiger partial charge in [-0.2, -0.15) is 0 Å². The van der Waals surface area contributed by atoms with E-state index >= 15 is 4.79 Å². The molecule has 26 nitrogen and oxygen atoms in total. The van der Waals surface area contributed by atoms with E-state index in [0.29, 0.717) is 17.5 Å². The summed E-state index contributed by atoms with van der Waals surface area (Å²) < 4.78 is 5.89. The van der Waals surface area contributed by atoms with Crippen molar-refractivity contribution in [3.05, 3.63) is 65.7 Å². The number of phenolic OH excluding ortho intramolecular Hbond substituents is 1. The number of aliphatic hydroxyl groups excluding tert-OH is 3. The van der Waals surface area contributed by atoms with Gasteiger partial charge in [-0.25, -0.2) is 4.79 Å². The lowest BCUT2D eigenvalue weighted by atomic mass is 9.95. The Kier molecular flexibility index (Phi) is 22.3. The van der Waals surface area contributed by atoms with Gasteiger partial charge in [-0.3, -0.25) is 47.9 Å². The minimum atomic E-state index is -1.77. The molecule has 86 heavy (non-hydrogen) atoms. The van der Waals surface area contributed by atoms with Gasteiger partial charge in [-0.15, -0.1) is 0 Å². The lowest BCUT2D eigenvalue weighted by Gasteiger charge is -2.34. The van der Waals surface area contributed by atoms with E-state index in [2.05, 4.69) is 31.9 Å². The van der Waals surface area contributed by atoms with Crippen molar-refractivity contribution in [1.82, 2.24) is 51.5 Å². The van der Waals surface area contributed by atoms with Crippen LogP contribution in [0.4, 0.5) is 0 Å². The van der Waals surface area contributed by atoms with Gasteiger partial charge in [0.15, 0.2) is 0 Å². The third-order valence-electron chi connectivity index (χ3n) is 16.8. The Morgan fingerprint density at radius 1 is 0.628 bits per heavy atom. The van der Waals surface area contributed by atoms with Gasteiger partial charge in [0.2, 0.25) is 59.1 Å². The number of nitrogens with zero attached hydrogens (tertiary/aromatic N) is 4. The van der Waals surface area contributed by atoms with E-state index in [1.54, 1.807) is 71.9 Å². The highest BCUT2D eigenvalue weighted by Crippen LogP contribution is 2.32. The van der Waals surface area contributed by atoms with Crippen LogP contribution in [0.1, 0.15) is 98.1 Å². The summed E-state index contributed by atoms with van der Waals surface area (Å²) in [7, 11) is 0. The number of carbonyl (C=O) groups is 11. The van der Waals surface area contributed by atoms with E-state index in [1.165, 1.54) is 41.0 Å². The van der Waals surface area contributed by atoms with Crippen LogP contribution in [0.15, 0.2) is 54.6 Å². The number of benzene rings is 2. The second-order valence-electron chi connectivity index (χ2n) is 24.4. The summed E-state index contributed by atoms with van der Waals surface area (Å²) in [4.78, 5) is 164. The smallest absolute Gasteiger partial charge is 0.328 e. The first-order valence-corrected chi connectivity index (χ1v) is 29.7. The summed E-state index contributed by atoms with van der Waals surface area (Å²) in [5, 5.41) is 59.0. The van der Waals surface area contributed by atoms with Gasteiger partial charge in [0.1, 0.15) is 72.8 Å². The maximum atomic E-state index is 15.1. The number of hydrogen-bond donors (Lipinski definition) is 10. The number of rotatable bonds is 12. The first-order valence-electron chi connectivity index (χ1n) is 29.7. The van der Waals surface area contributed by atoms with Crippen molar-refractivity contribution in [2.45, 2.75) is 172 Å². The minimum Gasteiger partial charge on any atom is -0.508 e. The van der Waals surface area contributed by atoms with Gasteiger partial charge in [-0.1, -0.05) is 90.4 Å². The van der Waals surface area contributed by atoms with Crippen LogP contribution in [0.5, 0.6) is 5.75 Å². The largest absolute Gasteiger partial charge is 0.508 e. The number of aliphatic hydroxyl groups is 3. The average Bonchev–Trinajstić information content (AvgIpc) is 1.81. The molecular weight excluding hydrogens is 1120 g/mol. The highest BCUT2D eigenvalue weighted by Gasteiger charge is 2.51. The standard InChI is InChI=1S/C60H84N10O16/c1-8-34(6)50-55(80)63-43(22-37-14-16-38(73)17-15-37)52(77)64-44(29-71)56(81)69-27-39(74)23-47(69)59(84)70-28-40(75)24-48(70)58(83)68-26-33(5)20-49(68)60(85)86-30-45(65-51(76)42(61-35(7)72)21-36-12-10-9-11-13-36)57(82)67-25-32(4)19-46(67)54(79)62-41(18-31(2)3)53(78)66-50/h9-17,31-34,39-50,71,73-75H,8,18-30H2,1-7H3,(H,61,72)(H,62,79)(H,63,80)(H,64,77)(H,65,76)(H,66,78). The molecule has 0 saturated carbocycles. The van der Waals surface area contributed by atoms with E-state index in [1.807, 2.05) is 0 Å². The zero-order valence-electron chi connectivity index (χ0n) is 49.8. The number of aromatic hydroxyl groups is 1. The summed E-state index contributed by atoms with van der Waals surface area (Å²) in [5.74, 6) is -10.8. The van der Waals surface area contributed by atoms with Crippen LogP contribution >= 0.6 is 0 Å². The van der Waals surface area contributed by atoms with Crippen molar-refractivity contribution in [2.75, 3.05) is 39.4 Å². The molecule has 15 atom stereocenters. The van der Waals surface area contributed by atoms with Gasteiger partial charge in [0, 0.05) is 58.8 Å². The predicted molar refractivity (Wildman–Crippen MR) is 307 cm³/mol. The van der Waals surface area contributed by atoms with Gasteiger partial charge in [0.25, 0.3) is 0 Å². The summed E-state index contributed by atoms with van der Waals surface area (Å²) in [5.41, 5.74) is 1.09. The number of cyclic esters (lactones) is 1. The Hall–Kier alpha value is -7.71. The molecule has 0 aromatic heterocycles. The molecule has 5 heterocycles. The number of nitrogens with one attached hydrogen (secondary N) is 6. The molecule has 10 N–H and O–H groups in total. The van der Waals surface area contributed by atoms with Gasteiger partial charge < -0.3 is 76.7 Å². The fourth-order valence-corrected chi connectivity index (χ4v) is 12.2. The molecular formula is C60H84N10O16. The lowest BCUT2D eigenvalue weighted by molar-refractivity contribution is -0.158. The van der Waals surface area contributed by atoms with Crippen molar-refractivity contribution >= 4 is 65.0 Å². The number of ether oxygens (including phenoxy) is 1. The Morgan fingerprint density at radius 3 is 1.73 bits per heavy atom. The van der Waals surface area contributed by atoms with Crippen molar-refractivity contribution in [3.63, 3.8) is 0 Å².